The lowest BCUT2D eigenvalue weighted by molar-refractivity contribution is 1.01. The molecule has 0 spiro atoms. The summed E-state index contributed by atoms with van der Waals surface area (Å²) >= 11 is 0. The van der Waals surface area contributed by atoms with Gasteiger partial charge in [0.25, 0.3) is 0 Å². The van der Waals surface area contributed by atoms with Crippen LogP contribution in [0.15, 0.2) is 128 Å². The molecule has 0 saturated carbocycles. The van der Waals surface area contributed by atoms with Crippen LogP contribution >= 0.6 is 0 Å². The molecule has 0 bridgehead atoms. The van der Waals surface area contributed by atoms with E-state index in [0.717, 1.165) is 45.1 Å². The van der Waals surface area contributed by atoms with Crippen LogP contribution in [0.2, 0.25) is 0 Å². The first-order valence-electron chi connectivity index (χ1n) is 12.8. The van der Waals surface area contributed by atoms with E-state index in [2.05, 4.69) is 58.2 Å². The van der Waals surface area contributed by atoms with Crippen molar-refractivity contribution in [2.24, 2.45) is 0 Å². The first kappa shape index (κ1) is 22.8. The standard InChI is InChI=1S/C33H24N6/c1-38-27-19-8-9-20-28(27)39(29-21-12-17-25(30(29)38)26-18-10-11-22-34-26)33-36-31(23-13-4-2-5-14-23)35-32(37-33)24-15-6-3-7-16-24/h2-22H,1H3. The molecule has 186 valence electrons. The Morgan fingerprint density at radius 3 is 1.74 bits per heavy atom. The van der Waals surface area contributed by atoms with Crippen LogP contribution in [-0.2, 0) is 0 Å². The van der Waals surface area contributed by atoms with Crippen LogP contribution in [-0.4, -0.2) is 27.0 Å². The molecule has 1 aliphatic heterocycles. The van der Waals surface area contributed by atoms with Crippen molar-refractivity contribution in [2.75, 3.05) is 16.8 Å². The maximum Gasteiger partial charge on any atom is 0.238 e. The van der Waals surface area contributed by atoms with Gasteiger partial charge in [-0.25, -0.2) is 4.98 Å². The van der Waals surface area contributed by atoms with E-state index in [0.29, 0.717) is 17.6 Å². The second-order valence-electron chi connectivity index (χ2n) is 9.29. The molecule has 4 aromatic carbocycles. The second kappa shape index (κ2) is 9.50. The van der Waals surface area contributed by atoms with Crippen molar-refractivity contribution in [3.05, 3.63) is 128 Å². The van der Waals surface area contributed by atoms with Crippen LogP contribution < -0.4 is 9.80 Å². The summed E-state index contributed by atoms with van der Waals surface area (Å²) in [7, 11) is 2.10. The number of aromatic nitrogens is 4. The molecule has 0 atom stereocenters. The van der Waals surface area contributed by atoms with Gasteiger partial charge in [0.05, 0.1) is 28.4 Å². The highest BCUT2D eigenvalue weighted by atomic mass is 15.3. The summed E-state index contributed by atoms with van der Waals surface area (Å²) in [6, 6.07) is 40.7. The lowest BCUT2D eigenvalue weighted by Gasteiger charge is -2.38. The quantitative estimate of drug-likeness (QED) is 0.244. The van der Waals surface area contributed by atoms with Gasteiger partial charge in [0.1, 0.15) is 0 Å². The number of para-hydroxylation sites is 3. The van der Waals surface area contributed by atoms with Gasteiger partial charge in [-0.2, -0.15) is 9.97 Å². The Bertz CT molecular complexity index is 1710. The van der Waals surface area contributed by atoms with E-state index in [1.54, 1.807) is 0 Å². The normalized spacial score (nSPS) is 12.1. The van der Waals surface area contributed by atoms with Crippen molar-refractivity contribution in [3.8, 4) is 34.0 Å². The third-order valence-electron chi connectivity index (χ3n) is 6.90. The first-order valence-corrected chi connectivity index (χ1v) is 12.8. The van der Waals surface area contributed by atoms with Crippen LogP contribution in [0, 0.1) is 0 Å². The van der Waals surface area contributed by atoms with Crippen molar-refractivity contribution in [3.63, 3.8) is 0 Å². The van der Waals surface area contributed by atoms with E-state index in [4.69, 9.17) is 15.0 Å². The topological polar surface area (TPSA) is 58.0 Å². The Kier molecular flexibility index (Phi) is 5.56. The summed E-state index contributed by atoms with van der Waals surface area (Å²) < 4.78 is 0. The van der Waals surface area contributed by atoms with Crippen molar-refractivity contribution >= 4 is 28.7 Å². The Morgan fingerprint density at radius 1 is 0.513 bits per heavy atom. The maximum absolute atomic E-state index is 5.05. The third-order valence-corrected chi connectivity index (χ3v) is 6.90. The molecule has 0 aliphatic carbocycles. The Balaban J connectivity index is 1.51. The Hall–Kier alpha value is -5.36. The largest absolute Gasteiger partial charge is 0.341 e. The molecule has 0 amide bonds. The molecule has 0 fully saturated rings. The highest BCUT2D eigenvalue weighted by molar-refractivity contribution is 6.02. The fourth-order valence-corrected chi connectivity index (χ4v) is 5.09. The second-order valence-corrected chi connectivity index (χ2v) is 9.29. The van der Waals surface area contributed by atoms with Crippen LogP contribution in [0.5, 0.6) is 0 Å². The lowest BCUT2D eigenvalue weighted by Crippen LogP contribution is -2.26. The molecule has 39 heavy (non-hydrogen) atoms. The Morgan fingerprint density at radius 2 is 1.10 bits per heavy atom. The molecule has 6 aromatic rings. The average Bonchev–Trinajstić information content (AvgIpc) is 3.02. The zero-order valence-corrected chi connectivity index (χ0v) is 21.3. The SMILES string of the molecule is CN1c2ccccc2N(c2nc(-c3ccccc3)nc(-c3ccccc3)n2)c2cccc(-c3ccccn3)c21. The van der Waals surface area contributed by atoms with Gasteiger partial charge in [-0.1, -0.05) is 91.0 Å². The molecule has 3 heterocycles. The van der Waals surface area contributed by atoms with Crippen molar-refractivity contribution in [1.29, 1.82) is 0 Å². The zero-order chi connectivity index (χ0) is 26.2. The maximum atomic E-state index is 5.05. The molecule has 0 unspecified atom stereocenters. The van der Waals surface area contributed by atoms with E-state index >= 15 is 0 Å². The van der Waals surface area contributed by atoms with Gasteiger partial charge in [-0.15, -0.1) is 0 Å². The number of anilines is 5. The van der Waals surface area contributed by atoms with Crippen LogP contribution in [0.1, 0.15) is 0 Å². The monoisotopic (exact) mass is 504 g/mol. The van der Waals surface area contributed by atoms with E-state index in [9.17, 15) is 0 Å². The summed E-state index contributed by atoms with van der Waals surface area (Å²) in [6.07, 6.45) is 1.83. The molecule has 7 rings (SSSR count). The molecular formula is C33H24N6. The summed E-state index contributed by atoms with van der Waals surface area (Å²) in [5.74, 6) is 1.80. The number of fused-ring (bicyclic) bond motifs is 2. The molecule has 6 nitrogen and oxygen atoms in total. The fraction of sp³-hybridized carbons (Fsp3) is 0.0303. The summed E-state index contributed by atoms with van der Waals surface area (Å²) in [4.78, 5) is 24.0. The van der Waals surface area contributed by atoms with Crippen molar-refractivity contribution in [2.45, 2.75) is 0 Å². The molecule has 6 heteroatoms. The number of hydrogen-bond donors (Lipinski definition) is 0. The summed E-state index contributed by atoms with van der Waals surface area (Å²) in [5, 5.41) is 0. The van der Waals surface area contributed by atoms with E-state index in [-0.39, 0.29) is 0 Å². The zero-order valence-electron chi connectivity index (χ0n) is 21.3. The first-order chi connectivity index (χ1) is 19.3. The molecule has 0 N–H and O–H groups in total. The smallest absolute Gasteiger partial charge is 0.238 e. The van der Waals surface area contributed by atoms with Gasteiger partial charge in [0.2, 0.25) is 5.95 Å². The summed E-state index contributed by atoms with van der Waals surface area (Å²) in [6.45, 7) is 0. The van der Waals surface area contributed by atoms with E-state index in [1.807, 2.05) is 91.1 Å². The fourth-order valence-electron chi connectivity index (χ4n) is 5.09. The van der Waals surface area contributed by atoms with Crippen LogP contribution in [0.4, 0.5) is 28.7 Å². The molecule has 1 aliphatic rings. The van der Waals surface area contributed by atoms with Gasteiger partial charge in [-0.05, 0) is 30.3 Å². The molecule has 0 radical (unpaired) electrons. The number of pyridine rings is 1. The van der Waals surface area contributed by atoms with Gasteiger partial charge in [-0.3, -0.25) is 9.88 Å². The molecule has 2 aromatic heterocycles. The number of benzene rings is 4. The van der Waals surface area contributed by atoms with Crippen molar-refractivity contribution in [1.82, 2.24) is 19.9 Å². The number of nitrogens with zero attached hydrogens (tertiary/aromatic N) is 6. The van der Waals surface area contributed by atoms with Gasteiger partial charge in [0, 0.05) is 29.9 Å². The van der Waals surface area contributed by atoms with Gasteiger partial charge in [0.15, 0.2) is 11.6 Å². The minimum Gasteiger partial charge on any atom is -0.341 e. The minimum absolute atomic E-state index is 0.558. The van der Waals surface area contributed by atoms with Crippen LogP contribution in [0.3, 0.4) is 0 Å². The van der Waals surface area contributed by atoms with Gasteiger partial charge >= 0.3 is 0 Å². The predicted molar refractivity (Wildman–Crippen MR) is 157 cm³/mol. The van der Waals surface area contributed by atoms with Crippen molar-refractivity contribution < 1.29 is 0 Å². The highest BCUT2D eigenvalue weighted by Crippen LogP contribution is 2.53. The van der Waals surface area contributed by atoms with E-state index in [1.165, 1.54) is 0 Å². The predicted octanol–water partition coefficient (Wildman–Crippen LogP) is 7.82. The highest BCUT2D eigenvalue weighted by Gasteiger charge is 2.32. The van der Waals surface area contributed by atoms with Gasteiger partial charge < -0.3 is 4.90 Å². The molecular weight excluding hydrogens is 480 g/mol. The number of hydrogen-bond acceptors (Lipinski definition) is 6. The lowest BCUT2D eigenvalue weighted by atomic mass is 10.0. The summed E-state index contributed by atoms with van der Waals surface area (Å²) in [5.41, 5.74) is 7.88. The van der Waals surface area contributed by atoms with Crippen LogP contribution in [0.25, 0.3) is 34.0 Å². The average molecular weight is 505 g/mol. The minimum atomic E-state index is 0.558. The molecule has 0 saturated heterocycles. The third kappa shape index (κ3) is 3.99. The number of rotatable bonds is 4. The Labute approximate surface area is 226 Å². The van der Waals surface area contributed by atoms with E-state index < -0.39 is 0 Å².